The number of rotatable bonds is 1. The van der Waals surface area contributed by atoms with Crippen molar-refractivity contribution in [2.24, 2.45) is 0 Å². The van der Waals surface area contributed by atoms with E-state index in [0.29, 0.717) is 13.1 Å². The number of hydrogen-bond acceptors (Lipinski definition) is 3. The van der Waals surface area contributed by atoms with Crippen molar-refractivity contribution in [1.29, 1.82) is 0 Å². The molecule has 1 amide bonds. The standard InChI is InChI=1S/C6H10NO3P/c8-6(11(9)10)7-4-2-1-3-5-7/h1-5H2. The van der Waals surface area contributed by atoms with E-state index in [0.717, 1.165) is 19.3 Å². The van der Waals surface area contributed by atoms with E-state index in [-0.39, 0.29) is 0 Å². The van der Waals surface area contributed by atoms with Crippen LogP contribution >= 0.6 is 8.03 Å². The fourth-order valence-electron chi connectivity index (χ4n) is 1.20. The highest BCUT2D eigenvalue weighted by molar-refractivity contribution is 7.56. The Morgan fingerprint density at radius 2 is 1.82 bits per heavy atom. The van der Waals surface area contributed by atoms with Gasteiger partial charge in [0.2, 0.25) is 0 Å². The van der Waals surface area contributed by atoms with Crippen LogP contribution in [0.15, 0.2) is 0 Å². The minimum atomic E-state index is -2.90. The maximum atomic E-state index is 10.8. The number of carbonyl (C=O) groups excluding carboxylic acids is 1. The number of hydrogen-bond donors (Lipinski definition) is 0. The van der Waals surface area contributed by atoms with Gasteiger partial charge in [-0.1, -0.05) is 4.57 Å². The Labute approximate surface area is 66.1 Å². The molecule has 0 bridgehead atoms. The Kier molecular flexibility index (Phi) is 2.97. The van der Waals surface area contributed by atoms with Crippen LogP contribution < -0.4 is 4.89 Å². The zero-order valence-corrected chi connectivity index (χ0v) is 7.05. The van der Waals surface area contributed by atoms with Gasteiger partial charge in [0.05, 0.1) is 0 Å². The lowest BCUT2D eigenvalue weighted by Gasteiger charge is -2.22. The van der Waals surface area contributed by atoms with Gasteiger partial charge in [-0.2, -0.15) is 0 Å². The van der Waals surface area contributed by atoms with Gasteiger partial charge in [0.25, 0.3) is 0 Å². The molecule has 1 saturated heterocycles. The lowest BCUT2D eigenvalue weighted by molar-refractivity contribution is -0.161. The summed E-state index contributed by atoms with van der Waals surface area (Å²) in [7, 11) is -2.90. The van der Waals surface area contributed by atoms with E-state index in [2.05, 4.69) is 0 Å². The highest BCUT2D eigenvalue weighted by atomic mass is 31.1. The molecule has 1 fully saturated rings. The quantitative estimate of drug-likeness (QED) is 0.551. The third-order valence-electron chi connectivity index (χ3n) is 1.78. The van der Waals surface area contributed by atoms with Crippen molar-refractivity contribution >= 4 is 13.7 Å². The van der Waals surface area contributed by atoms with Gasteiger partial charge in [-0.25, -0.2) is 4.79 Å². The summed E-state index contributed by atoms with van der Waals surface area (Å²) in [6.07, 6.45) is 2.95. The largest absolute Gasteiger partial charge is 0.587 e. The molecule has 0 saturated carbocycles. The maximum absolute atomic E-state index is 10.8. The van der Waals surface area contributed by atoms with E-state index < -0.39 is 13.7 Å². The van der Waals surface area contributed by atoms with Crippen LogP contribution in [0.4, 0.5) is 4.79 Å². The lowest BCUT2D eigenvalue weighted by Crippen LogP contribution is -2.33. The molecular weight excluding hydrogens is 165 g/mol. The van der Waals surface area contributed by atoms with Crippen LogP contribution in [-0.4, -0.2) is 23.6 Å². The Morgan fingerprint density at radius 1 is 1.27 bits per heavy atom. The molecule has 1 heterocycles. The molecule has 62 valence electrons. The number of piperidine rings is 1. The van der Waals surface area contributed by atoms with Gasteiger partial charge < -0.3 is 9.79 Å². The molecule has 4 nitrogen and oxygen atoms in total. The molecule has 0 aromatic rings. The predicted octanol–water partition coefficient (Wildman–Crippen LogP) is 0.695. The van der Waals surface area contributed by atoms with E-state index in [1.807, 2.05) is 0 Å². The SMILES string of the molecule is O=C(N1CCCCC1)[P+](=O)[O-]. The first-order valence-corrected chi connectivity index (χ1v) is 4.83. The minimum Gasteiger partial charge on any atom is -0.587 e. The summed E-state index contributed by atoms with van der Waals surface area (Å²) in [6.45, 7) is 1.20. The lowest BCUT2D eigenvalue weighted by atomic mass is 10.1. The van der Waals surface area contributed by atoms with Crippen molar-refractivity contribution in [3.63, 3.8) is 0 Å². The van der Waals surface area contributed by atoms with Crippen LogP contribution in [0.3, 0.4) is 0 Å². The third kappa shape index (κ3) is 2.24. The Hall–Kier alpha value is -0.470. The van der Waals surface area contributed by atoms with E-state index in [1.165, 1.54) is 4.90 Å². The van der Waals surface area contributed by atoms with E-state index in [4.69, 9.17) is 0 Å². The smallest absolute Gasteiger partial charge is 0.460 e. The van der Waals surface area contributed by atoms with Gasteiger partial charge in [0.15, 0.2) is 0 Å². The fourth-order valence-corrected chi connectivity index (χ4v) is 1.63. The van der Waals surface area contributed by atoms with Crippen molar-refractivity contribution in [2.75, 3.05) is 13.1 Å². The first-order chi connectivity index (χ1) is 5.22. The molecule has 1 atom stereocenters. The van der Waals surface area contributed by atoms with Crippen LogP contribution in [0.25, 0.3) is 0 Å². The van der Waals surface area contributed by atoms with E-state index >= 15 is 0 Å². The molecule has 1 rings (SSSR count). The molecule has 5 heteroatoms. The number of nitrogens with zero attached hydrogens (tertiary/aromatic N) is 1. The number of amides is 1. The second-order valence-electron chi connectivity index (χ2n) is 2.59. The van der Waals surface area contributed by atoms with Gasteiger partial charge in [0, 0.05) is 13.1 Å². The van der Waals surface area contributed by atoms with E-state index in [9.17, 15) is 14.3 Å². The van der Waals surface area contributed by atoms with Gasteiger partial charge in [-0.3, -0.25) is 0 Å². The predicted molar refractivity (Wildman–Crippen MR) is 38.4 cm³/mol. The highest BCUT2D eigenvalue weighted by Crippen LogP contribution is 2.18. The van der Waals surface area contributed by atoms with Crippen LogP contribution in [0, 0.1) is 0 Å². The summed E-state index contributed by atoms with van der Waals surface area (Å²) < 4.78 is 10.2. The second kappa shape index (κ2) is 3.79. The molecule has 0 aromatic heterocycles. The first kappa shape index (κ1) is 8.62. The topological polar surface area (TPSA) is 60.4 Å². The van der Waals surface area contributed by atoms with Crippen LogP contribution in [-0.2, 0) is 4.57 Å². The van der Waals surface area contributed by atoms with Crippen LogP contribution in [0.1, 0.15) is 19.3 Å². The zero-order valence-electron chi connectivity index (χ0n) is 6.15. The molecule has 1 aliphatic heterocycles. The Balaban J connectivity index is 2.45. The normalized spacial score (nSPS) is 19.7. The first-order valence-electron chi connectivity index (χ1n) is 3.65. The molecule has 0 aromatic carbocycles. The van der Waals surface area contributed by atoms with Crippen molar-refractivity contribution < 1.29 is 14.3 Å². The average molecular weight is 175 g/mol. The van der Waals surface area contributed by atoms with Gasteiger partial charge in [-0.15, -0.1) is 0 Å². The molecule has 1 unspecified atom stereocenters. The third-order valence-corrected chi connectivity index (χ3v) is 2.38. The minimum absolute atomic E-state index is 0.599. The van der Waals surface area contributed by atoms with Gasteiger partial charge in [-0.05, 0) is 19.3 Å². The van der Waals surface area contributed by atoms with Crippen LogP contribution in [0.5, 0.6) is 0 Å². The van der Waals surface area contributed by atoms with Crippen molar-refractivity contribution in [3.05, 3.63) is 0 Å². The summed E-state index contributed by atoms with van der Waals surface area (Å²) in [6, 6.07) is 0. The molecule has 0 spiro atoms. The summed E-state index contributed by atoms with van der Waals surface area (Å²) in [5.41, 5.74) is -0.722. The number of carbonyl (C=O) groups is 1. The molecular formula is C6H10NO3P. The highest BCUT2D eigenvalue weighted by Gasteiger charge is 2.26. The van der Waals surface area contributed by atoms with Crippen molar-refractivity contribution in [3.8, 4) is 0 Å². The van der Waals surface area contributed by atoms with Gasteiger partial charge in [0.1, 0.15) is 0 Å². The van der Waals surface area contributed by atoms with Crippen molar-refractivity contribution in [1.82, 2.24) is 4.90 Å². The van der Waals surface area contributed by atoms with Gasteiger partial charge >= 0.3 is 13.7 Å². The summed E-state index contributed by atoms with van der Waals surface area (Å²) in [4.78, 5) is 22.5. The molecule has 0 radical (unpaired) electrons. The Bertz CT molecular complexity index is 177. The maximum Gasteiger partial charge on any atom is 0.460 e. The second-order valence-corrected chi connectivity index (χ2v) is 3.48. The number of likely N-dealkylation sites (tertiary alicyclic amines) is 1. The molecule has 1 aliphatic rings. The zero-order chi connectivity index (χ0) is 8.27. The summed E-state index contributed by atoms with van der Waals surface area (Å²) in [5, 5.41) is 0. The summed E-state index contributed by atoms with van der Waals surface area (Å²) in [5.74, 6) is 0. The molecule has 0 N–H and O–H groups in total. The fraction of sp³-hybridized carbons (Fsp3) is 0.833. The summed E-state index contributed by atoms with van der Waals surface area (Å²) >= 11 is 0. The molecule has 11 heavy (non-hydrogen) atoms. The molecule has 0 aliphatic carbocycles. The Morgan fingerprint density at radius 3 is 2.27 bits per heavy atom. The monoisotopic (exact) mass is 175 g/mol. The van der Waals surface area contributed by atoms with Crippen molar-refractivity contribution in [2.45, 2.75) is 19.3 Å². The average Bonchev–Trinajstić information content (AvgIpc) is 2.05. The van der Waals surface area contributed by atoms with E-state index in [1.54, 1.807) is 0 Å². The van der Waals surface area contributed by atoms with Crippen LogP contribution in [0.2, 0.25) is 0 Å².